The molecule has 1 aromatic carbocycles. The van der Waals surface area contributed by atoms with Gasteiger partial charge in [-0.25, -0.2) is 13.6 Å². The third kappa shape index (κ3) is 4.18. The first kappa shape index (κ1) is 16.3. The lowest BCUT2D eigenvalue weighted by molar-refractivity contribution is 0.375. The van der Waals surface area contributed by atoms with Crippen LogP contribution >= 0.6 is 0 Å². The van der Waals surface area contributed by atoms with Crippen LogP contribution in [-0.2, 0) is 10.0 Å². The number of benzene rings is 1. The highest BCUT2D eigenvalue weighted by Gasteiger charge is 2.24. The number of anilines is 1. The molecule has 1 aliphatic carbocycles. The second kappa shape index (κ2) is 6.77. The minimum Gasteiger partial charge on any atom is -0.369 e. The van der Waals surface area contributed by atoms with Crippen molar-refractivity contribution in [3.05, 3.63) is 24.3 Å². The second-order valence-corrected chi connectivity index (χ2v) is 7.36. The van der Waals surface area contributed by atoms with Crippen molar-refractivity contribution in [3.63, 3.8) is 0 Å². The maximum absolute atomic E-state index is 11.3. The topological polar surface area (TPSA) is 89.4 Å². The Hall–Kier alpha value is -1.11. The molecule has 2 rings (SSSR count). The summed E-state index contributed by atoms with van der Waals surface area (Å²) < 4.78 is 22.7. The molecule has 1 aliphatic rings. The Morgan fingerprint density at radius 1 is 1.14 bits per heavy atom. The van der Waals surface area contributed by atoms with Crippen LogP contribution in [0.25, 0.3) is 0 Å². The molecular formula is C15H25N3O2S. The molecule has 1 aromatic rings. The standard InChI is InChI=1S/C15H25N3O2S/c1-2-11-18(13-5-3-12(16)4-6-13)14-7-9-15(10-8-14)21(17,19)20/h7-10,12-13H,2-6,11,16H2,1H3,(H2,17,19,20). The average molecular weight is 311 g/mol. The van der Waals surface area contributed by atoms with E-state index in [1.807, 2.05) is 12.1 Å². The van der Waals surface area contributed by atoms with Crippen LogP contribution in [0.1, 0.15) is 39.0 Å². The highest BCUT2D eigenvalue weighted by Crippen LogP contribution is 2.28. The predicted molar refractivity (Wildman–Crippen MR) is 85.7 cm³/mol. The van der Waals surface area contributed by atoms with Crippen LogP contribution in [0.2, 0.25) is 0 Å². The summed E-state index contributed by atoms with van der Waals surface area (Å²) in [5, 5.41) is 5.14. The normalized spacial score (nSPS) is 23.0. The lowest BCUT2D eigenvalue weighted by Crippen LogP contribution is -2.41. The van der Waals surface area contributed by atoms with Gasteiger partial charge in [-0.1, -0.05) is 6.92 Å². The molecule has 0 unspecified atom stereocenters. The number of nitrogens with two attached hydrogens (primary N) is 2. The number of sulfonamides is 1. The third-order valence-electron chi connectivity index (χ3n) is 4.14. The Balaban J connectivity index is 2.18. The van der Waals surface area contributed by atoms with E-state index < -0.39 is 10.0 Å². The molecule has 0 heterocycles. The van der Waals surface area contributed by atoms with Crippen molar-refractivity contribution in [2.24, 2.45) is 10.9 Å². The zero-order valence-electron chi connectivity index (χ0n) is 12.5. The van der Waals surface area contributed by atoms with Gasteiger partial charge in [0.1, 0.15) is 0 Å². The second-order valence-electron chi connectivity index (χ2n) is 5.80. The SMILES string of the molecule is CCCN(c1ccc(S(N)(=O)=O)cc1)C1CCC(N)CC1. The van der Waals surface area contributed by atoms with Crippen LogP contribution in [0.15, 0.2) is 29.2 Å². The zero-order chi connectivity index (χ0) is 15.5. The number of primary sulfonamides is 1. The number of hydrogen-bond donors (Lipinski definition) is 2. The van der Waals surface area contributed by atoms with Gasteiger partial charge in [-0.05, 0) is 56.4 Å². The van der Waals surface area contributed by atoms with Gasteiger partial charge in [0.05, 0.1) is 4.90 Å². The Kier molecular flexibility index (Phi) is 5.24. The first-order valence-corrected chi connectivity index (χ1v) is 9.11. The first-order valence-electron chi connectivity index (χ1n) is 7.57. The van der Waals surface area contributed by atoms with Crippen LogP contribution in [0.3, 0.4) is 0 Å². The van der Waals surface area contributed by atoms with Gasteiger partial charge < -0.3 is 10.6 Å². The van der Waals surface area contributed by atoms with E-state index in [2.05, 4.69) is 11.8 Å². The fourth-order valence-electron chi connectivity index (χ4n) is 3.00. The number of rotatable bonds is 5. The first-order chi connectivity index (χ1) is 9.91. The molecule has 1 saturated carbocycles. The Labute approximate surface area is 127 Å². The highest BCUT2D eigenvalue weighted by molar-refractivity contribution is 7.89. The van der Waals surface area contributed by atoms with Gasteiger partial charge >= 0.3 is 0 Å². The summed E-state index contributed by atoms with van der Waals surface area (Å²) in [6, 6.07) is 7.69. The average Bonchev–Trinajstić information content (AvgIpc) is 2.45. The lowest BCUT2D eigenvalue weighted by Gasteiger charge is -2.37. The van der Waals surface area contributed by atoms with Crippen molar-refractivity contribution in [2.45, 2.75) is 56.0 Å². The molecule has 0 atom stereocenters. The Bertz CT molecular complexity index is 549. The van der Waals surface area contributed by atoms with Gasteiger partial charge in [0.25, 0.3) is 0 Å². The van der Waals surface area contributed by atoms with E-state index in [9.17, 15) is 8.42 Å². The van der Waals surface area contributed by atoms with E-state index in [0.717, 1.165) is 44.3 Å². The van der Waals surface area contributed by atoms with Crippen LogP contribution in [0.4, 0.5) is 5.69 Å². The smallest absolute Gasteiger partial charge is 0.238 e. The molecule has 0 saturated heterocycles. The Morgan fingerprint density at radius 3 is 2.19 bits per heavy atom. The number of hydrogen-bond acceptors (Lipinski definition) is 4. The van der Waals surface area contributed by atoms with E-state index >= 15 is 0 Å². The van der Waals surface area contributed by atoms with E-state index in [-0.39, 0.29) is 4.90 Å². The summed E-state index contributed by atoms with van der Waals surface area (Å²) in [7, 11) is -3.62. The molecule has 0 spiro atoms. The quantitative estimate of drug-likeness (QED) is 0.868. The molecule has 0 aromatic heterocycles. The van der Waals surface area contributed by atoms with Gasteiger partial charge in [0.15, 0.2) is 0 Å². The lowest BCUT2D eigenvalue weighted by atomic mass is 9.90. The monoisotopic (exact) mass is 311 g/mol. The van der Waals surface area contributed by atoms with Crippen molar-refractivity contribution in [1.82, 2.24) is 0 Å². The summed E-state index contributed by atoms with van der Waals surface area (Å²) in [4.78, 5) is 2.53. The van der Waals surface area contributed by atoms with Gasteiger partial charge in [0, 0.05) is 24.3 Å². The van der Waals surface area contributed by atoms with Gasteiger partial charge in [-0.3, -0.25) is 0 Å². The van der Waals surface area contributed by atoms with E-state index in [4.69, 9.17) is 10.9 Å². The minimum absolute atomic E-state index is 0.161. The van der Waals surface area contributed by atoms with Crippen molar-refractivity contribution in [2.75, 3.05) is 11.4 Å². The summed E-state index contributed by atoms with van der Waals surface area (Å²) in [6.07, 6.45) is 5.36. The zero-order valence-corrected chi connectivity index (χ0v) is 13.3. The van der Waals surface area contributed by atoms with Crippen molar-refractivity contribution < 1.29 is 8.42 Å². The van der Waals surface area contributed by atoms with Crippen molar-refractivity contribution in [1.29, 1.82) is 0 Å². The van der Waals surface area contributed by atoms with Crippen LogP contribution in [-0.4, -0.2) is 27.0 Å². The Morgan fingerprint density at radius 2 is 1.71 bits per heavy atom. The van der Waals surface area contributed by atoms with Gasteiger partial charge in [-0.2, -0.15) is 0 Å². The molecule has 118 valence electrons. The molecule has 4 N–H and O–H groups in total. The summed E-state index contributed by atoms with van der Waals surface area (Å²) in [5.74, 6) is 0. The van der Waals surface area contributed by atoms with Gasteiger partial charge in [-0.15, -0.1) is 0 Å². The van der Waals surface area contributed by atoms with Crippen molar-refractivity contribution >= 4 is 15.7 Å². The summed E-state index contributed by atoms with van der Waals surface area (Å²) in [6.45, 7) is 3.12. The highest BCUT2D eigenvalue weighted by atomic mass is 32.2. The maximum Gasteiger partial charge on any atom is 0.238 e. The van der Waals surface area contributed by atoms with Gasteiger partial charge in [0.2, 0.25) is 10.0 Å². The minimum atomic E-state index is -3.62. The molecule has 21 heavy (non-hydrogen) atoms. The van der Waals surface area contributed by atoms with E-state index in [1.165, 1.54) is 0 Å². The molecule has 6 heteroatoms. The molecule has 1 fully saturated rings. The fraction of sp³-hybridized carbons (Fsp3) is 0.600. The van der Waals surface area contributed by atoms with Crippen LogP contribution in [0.5, 0.6) is 0 Å². The molecule has 0 bridgehead atoms. The third-order valence-corrected chi connectivity index (χ3v) is 5.07. The fourth-order valence-corrected chi connectivity index (χ4v) is 3.52. The maximum atomic E-state index is 11.3. The van der Waals surface area contributed by atoms with Crippen LogP contribution in [0, 0.1) is 0 Å². The molecule has 0 amide bonds. The van der Waals surface area contributed by atoms with E-state index in [1.54, 1.807) is 12.1 Å². The predicted octanol–water partition coefficient (Wildman–Crippen LogP) is 1.82. The molecule has 0 aliphatic heterocycles. The molecule has 0 radical (unpaired) electrons. The summed E-state index contributed by atoms with van der Waals surface area (Å²) >= 11 is 0. The van der Waals surface area contributed by atoms with E-state index in [0.29, 0.717) is 12.1 Å². The van der Waals surface area contributed by atoms with Crippen LogP contribution < -0.4 is 15.8 Å². The summed E-state index contributed by atoms with van der Waals surface area (Å²) in [5.41, 5.74) is 7.04. The largest absolute Gasteiger partial charge is 0.369 e. The number of nitrogens with zero attached hydrogens (tertiary/aromatic N) is 1. The van der Waals surface area contributed by atoms with Crippen molar-refractivity contribution in [3.8, 4) is 0 Å². The molecular weight excluding hydrogens is 286 g/mol. The molecule has 5 nitrogen and oxygen atoms in total.